The Balaban J connectivity index is 2.76. The Bertz CT molecular complexity index is 352. The topological polar surface area (TPSA) is 58.0 Å². The molecular formula is C9H13BrClN3OS. The van der Waals surface area contributed by atoms with Crippen LogP contribution in [0, 0.1) is 0 Å². The van der Waals surface area contributed by atoms with Gasteiger partial charge in [-0.3, -0.25) is 0 Å². The lowest BCUT2D eigenvalue weighted by atomic mass is 10.2. The van der Waals surface area contributed by atoms with E-state index >= 15 is 0 Å². The van der Waals surface area contributed by atoms with Gasteiger partial charge in [-0.2, -0.15) is 11.8 Å². The van der Waals surface area contributed by atoms with E-state index in [9.17, 15) is 0 Å². The molecule has 0 bridgehead atoms. The van der Waals surface area contributed by atoms with E-state index in [0.717, 1.165) is 0 Å². The zero-order valence-corrected chi connectivity index (χ0v) is 12.1. The molecule has 0 saturated heterocycles. The van der Waals surface area contributed by atoms with Gasteiger partial charge in [0.15, 0.2) is 0 Å². The highest BCUT2D eigenvalue weighted by atomic mass is 79.9. The number of halogens is 2. The van der Waals surface area contributed by atoms with Crippen LogP contribution >= 0.6 is 39.3 Å². The fraction of sp³-hybridized carbons (Fsp3) is 0.556. The van der Waals surface area contributed by atoms with Crippen molar-refractivity contribution in [3.05, 3.63) is 16.0 Å². The van der Waals surface area contributed by atoms with Crippen LogP contribution in [0.1, 0.15) is 6.92 Å². The molecule has 0 saturated carbocycles. The van der Waals surface area contributed by atoms with Gasteiger partial charge in [0, 0.05) is 11.3 Å². The third-order valence-corrected chi connectivity index (χ3v) is 4.58. The average molecular weight is 327 g/mol. The Morgan fingerprint density at radius 2 is 2.31 bits per heavy atom. The van der Waals surface area contributed by atoms with Gasteiger partial charge in [-0.15, -0.1) is 0 Å². The Morgan fingerprint density at radius 1 is 1.62 bits per heavy atom. The summed E-state index contributed by atoms with van der Waals surface area (Å²) < 4.78 is 0.640. The molecule has 0 fully saturated rings. The van der Waals surface area contributed by atoms with Crippen molar-refractivity contribution >= 4 is 45.1 Å². The van der Waals surface area contributed by atoms with Crippen molar-refractivity contribution in [1.29, 1.82) is 0 Å². The summed E-state index contributed by atoms with van der Waals surface area (Å²) in [5.41, 5.74) is 0. The molecule has 1 rings (SSSR count). The molecule has 1 aromatic rings. The maximum Gasteiger partial charge on any atom is 0.148 e. The predicted octanol–water partition coefficient (Wildman–Crippen LogP) is 2.42. The molecule has 1 aromatic heterocycles. The van der Waals surface area contributed by atoms with Gasteiger partial charge >= 0.3 is 0 Å². The minimum atomic E-state index is 0.0854. The summed E-state index contributed by atoms with van der Waals surface area (Å²) in [7, 11) is 0. The van der Waals surface area contributed by atoms with E-state index < -0.39 is 0 Å². The number of hydrogen-bond acceptors (Lipinski definition) is 5. The van der Waals surface area contributed by atoms with Crippen molar-refractivity contribution in [3.63, 3.8) is 0 Å². The number of rotatable bonds is 5. The predicted molar refractivity (Wildman–Crippen MR) is 72.2 cm³/mol. The third kappa shape index (κ3) is 3.48. The molecule has 0 aromatic carbocycles. The first-order valence-electron chi connectivity index (χ1n) is 4.66. The van der Waals surface area contributed by atoms with Crippen molar-refractivity contribution in [1.82, 2.24) is 9.97 Å². The molecule has 2 unspecified atom stereocenters. The fourth-order valence-electron chi connectivity index (χ4n) is 1.19. The quantitative estimate of drug-likeness (QED) is 0.814. The molecule has 0 spiro atoms. The third-order valence-electron chi connectivity index (χ3n) is 2.15. The molecule has 7 heteroatoms. The number of aliphatic hydroxyl groups excluding tert-OH is 1. The Hall–Kier alpha value is -0.0400. The Labute approximate surface area is 112 Å². The van der Waals surface area contributed by atoms with E-state index in [1.54, 1.807) is 11.8 Å². The number of hydrogen-bond donors (Lipinski definition) is 2. The molecule has 1 heterocycles. The normalized spacial score (nSPS) is 14.6. The first kappa shape index (κ1) is 14.0. The SMILES string of the molecule is CSC(CO)C(C)Nc1ncnc(Cl)c1Br. The van der Waals surface area contributed by atoms with Gasteiger partial charge in [-0.25, -0.2) is 9.97 Å². The highest BCUT2D eigenvalue weighted by Gasteiger charge is 2.17. The van der Waals surface area contributed by atoms with Crippen molar-refractivity contribution in [3.8, 4) is 0 Å². The Kier molecular flexibility index (Phi) is 5.82. The standard InChI is InChI=1S/C9H13BrClN3OS/c1-5(6(3-15)16-2)14-9-7(10)8(11)12-4-13-9/h4-6,15H,3H2,1-2H3,(H,12,13,14). The number of aliphatic hydroxyl groups is 1. The molecule has 0 aliphatic carbocycles. The summed E-state index contributed by atoms with van der Waals surface area (Å²) in [6.45, 7) is 2.10. The summed E-state index contributed by atoms with van der Waals surface area (Å²) in [5, 5.41) is 12.8. The van der Waals surface area contributed by atoms with Gasteiger partial charge in [-0.1, -0.05) is 11.6 Å². The molecular weight excluding hydrogens is 314 g/mol. The summed E-state index contributed by atoms with van der Waals surface area (Å²) in [5.74, 6) is 0.639. The summed E-state index contributed by atoms with van der Waals surface area (Å²) in [6.07, 6.45) is 3.36. The van der Waals surface area contributed by atoms with E-state index in [1.165, 1.54) is 6.33 Å². The monoisotopic (exact) mass is 325 g/mol. The van der Waals surface area contributed by atoms with E-state index in [-0.39, 0.29) is 17.9 Å². The maximum absolute atomic E-state index is 9.17. The van der Waals surface area contributed by atoms with Crippen molar-refractivity contribution < 1.29 is 5.11 Å². The second-order valence-corrected chi connectivity index (χ2v) is 5.44. The van der Waals surface area contributed by atoms with Gasteiger partial charge in [0.05, 0.1) is 11.1 Å². The number of nitrogens with zero attached hydrogens (tertiary/aromatic N) is 2. The van der Waals surface area contributed by atoms with Crippen LogP contribution in [0.4, 0.5) is 5.82 Å². The summed E-state index contributed by atoms with van der Waals surface area (Å²) in [4.78, 5) is 7.93. The van der Waals surface area contributed by atoms with E-state index in [2.05, 4.69) is 31.2 Å². The van der Waals surface area contributed by atoms with Crippen molar-refractivity contribution in [2.75, 3.05) is 18.2 Å². The van der Waals surface area contributed by atoms with Gasteiger partial charge in [0.1, 0.15) is 17.3 Å². The average Bonchev–Trinajstić information content (AvgIpc) is 2.26. The molecule has 16 heavy (non-hydrogen) atoms. The fourth-order valence-corrected chi connectivity index (χ4v) is 2.27. The molecule has 0 aliphatic rings. The van der Waals surface area contributed by atoms with E-state index in [1.807, 2.05) is 13.2 Å². The van der Waals surface area contributed by atoms with Crippen molar-refractivity contribution in [2.24, 2.45) is 0 Å². The second-order valence-electron chi connectivity index (χ2n) is 3.22. The van der Waals surface area contributed by atoms with Crippen molar-refractivity contribution in [2.45, 2.75) is 18.2 Å². The molecule has 0 amide bonds. The smallest absolute Gasteiger partial charge is 0.148 e. The molecule has 2 atom stereocenters. The molecule has 0 radical (unpaired) electrons. The Morgan fingerprint density at radius 3 is 2.88 bits per heavy atom. The van der Waals surface area contributed by atoms with Crippen LogP contribution in [-0.2, 0) is 0 Å². The minimum Gasteiger partial charge on any atom is -0.395 e. The molecule has 0 aliphatic heterocycles. The van der Waals surface area contributed by atoms with Crippen LogP contribution in [0.25, 0.3) is 0 Å². The van der Waals surface area contributed by atoms with E-state index in [4.69, 9.17) is 16.7 Å². The first-order chi connectivity index (χ1) is 7.60. The number of nitrogens with one attached hydrogen (secondary N) is 1. The zero-order valence-electron chi connectivity index (χ0n) is 8.94. The van der Waals surface area contributed by atoms with Gasteiger partial charge in [0.2, 0.25) is 0 Å². The van der Waals surface area contributed by atoms with Crippen LogP contribution in [0.15, 0.2) is 10.8 Å². The lowest BCUT2D eigenvalue weighted by Crippen LogP contribution is -2.31. The van der Waals surface area contributed by atoms with Gasteiger partial charge in [-0.05, 0) is 29.1 Å². The highest BCUT2D eigenvalue weighted by Crippen LogP contribution is 2.27. The van der Waals surface area contributed by atoms with E-state index in [0.29, 0.717) is 15.4 Å². The van der Waals surface area contributed by atoms with Crippen LogP contribution in [0.2, 0.25) is 5.15 Å². The van der Waals surface area contributed by atoms with Crippen LogP contribution in [0.3, 0.4) is 0 Å². The number of thioether (sulfide) groups is 1. The summed E-state index contributed by atoms with van der Waals surface area (Å²) in [6, 6.07) is 0.0854. The maximum atomic E-state index is 9.17. The lowest BCUT2D eigenvalue weighted by Gasteiger charge is -2.22. The van der Waals surface area contributed by atoms with Crippen LogP contribution in [-0.4, -0.2) is 39.2 Å². The van der Waals surface area contributed by atoms with Crippen LogP contribution < -0.4 is 5.32 Å². The molecule has 2 N–H and O–H groups in total. The number of anilines is 1. The highest BCUT2D eigenvalue weighted by molar-refractivity contribution is 9.10. The van der Waals surface area contributed by atoms with Crippen LogP contribution in [0.5, 0.6) is 0 Å². The van der Waals surface area contributed by atoms with Gasteiger partial charge < -0.3 is 10.4 Å². The lowest BCUT2D eigenvalue weighted by molar-refractivity contribution is 0.288. The number of aromatic nitrogens is 2. The largest absolute Gasteiger partial charge is 0.395 e. The second kappa shape index (κ2) is 6.64. The molecule has 90 valence electrons. The first-order valence-corrected chi connectivity index (χ1v) is 7.12. The zero-order chi connectivity index (χ0) is 12.1. The molecule has 4 nitrogen and oxygen atoms in total. The minimum absolute atomic E-state index is 0.0854. The summed E-state index contributed by atoms with van der Waals surface area (Å²) >= 11 is 10.8. The van der Waals surface area contributed by atoms with Gasteiger partial charge in [0.25, 0.3) is 0 Å².